The number of amides is 4. The van der Waals surface area contributed by atoms with Crippen LogP contribution in [0.2, 0.25) is 0 Å². The molecule has 0 saturated carbocycles. The van der Waals surface area contributed by atoms with Crippen molar-refractivity contribution in [1.29, 1.82) is 0 Å². The van der Waals surface area contributed by atoms with Crippen molar-refractivity contribution in [1.82, 2.24) is 16.0 Å². The zero-order valence-corrected chi connectivity index (χ0v) is 19.6. The van der Waals surface area contributed by atoms with E-state index in [9.17, 15) is 33.9 Å². The van der Waals surface area contributed by atoms with Crippen LogP contribution < -0.4 is 33.2 Å². The molecule has 0 bridgehead atoms. The van der Waals surface area contributed by atoms with Gasteiger partial charge in [-0.2, -0.15) is 0 Å². The second-order valence-electron chi connectivity index (χ2n) is 8.02. The maximum atomic E-state index is 12.9. The Bertz CT molecular complexity index is 761. The standard InChI is InChI=1S/C20H36N6O9/c1-10(27)16(20(34)35)26-19(33)13(6-8-15(29)30)25-18(32)12(5-7-14(23)28)24-17(31)11(22)4-2-3-9-21/h10-13,16,27H,2-9,21-22H2,1H3,(H2,23,28)(H,24,31)(H,25,32)(H,26,33)(H,29,30)(H,34,35). The third kappa shape index (κ3) is 13.2. The molecule has 0 aromatic carbocycles. The summed E-state index contributed by atoms with van der Waals surface area (Å²) in [5, 5.41) is 34.3. The summed E-state index contributed by atoms with van der Waals surface area (Å²) in [5.74, 6) is -6.30. The lowest BCUT2D eigenvalue weighted by molar-refractivity contribution is -0.145. The fourth-order valence-corrected chi connectivity index (χ4v) is 2.93. The molecule has 0 spiro atoms. The van der Waals surface area contributed by atoms with Crippen LogP contribution in [-0.2, 0) is 28.8 Å². The number of aliphatic carboxylic acids is 2. The van der Waals surface area contributed by atoms with Gasteiger partial charge in [-0.3, -0.25) is 24.0 Å². The van der Waals surface area contributed by atoms with Crippen LogP contribution in [0.25, 0.3) is 0 Å². The van der Waals surface area contributed by atoms with Crippen LogP contribution in [0.3, 0.4) is 0 Å². The van der Waals surface area contributed by atoms with Gasteiger partial charge in [-0.05, 0) is 39.2 Å². The molecule has 0 aromatic heterocycles. The molecule has 0 aromatic rings. The van der Waals surface area contributed by atoms with E-state index >= 15 is 0 Å². The Kier molecular flexibility index (Phi) is 14.8. The van der Waals surface area contributed by atoms with Crippen LogP contribution in [0.5, 0.6) is 0 Å². The van der Waals surface area contributed by atoms with Gasteiger partial charge in [-0.15, -0.1) is 0 Å². The lowest BCUT2D eigenvalue weighted by Crippen LogP contribution is -2.58. The number of hydrogen-bond donors (Lipinski definition) is 9. The summed E-state index contributed by atoms with van der Waals surface area (Å²) in [6.07, 6.45) is -1.52. The largest absolute Gasteiger partial charge is 0.481 e. The van der Waals surface area contributed by atoms with Crippen molar-refractivity contribution in [2.24, 2.45) is 17.2 Å². The van der Waals surface area contributed by atoms with Crippen molar-refractivity contribution in [3.8, 4) is 0 Å². The molecule has 0 aliphatic heterocycles. The van der Waals surface area contributed by atoms with Crippen LogP contribution in [-0.4, -0.2) is 87.7 Å². The first kappa shape index (κ1) is 31.7. The van der Waals surface area contributed by atoms with Crippen LogP contribution >= 0.6 is 0 Å². The highest BCUT2D eigenvalue weighted by Crippen LogP contribution is 2.06. The van der Waals surface area contributed by atoms with Crippen LogP contribution in [0.15, 0.2) is 0 Å². The Morgan fingerprint density at radius 1 is 0.800 bits per heavy atom. The zero-order valence-electron chi connectivity index (χ0n) is 19.6. The summed E-state index contributed by atoms with van der Waals surface area (Å²) in [5.41, 5.74) is 16.3. The van der Waals surface area contributed by atoms with Gasteiger partial charge in [-0.1, -0.05) is 6.42 Å². The molecule has 0 aliphatic carbocycles. The Morgan fingerprint density at radius 2 is 1.31 bits per heavy atom. The first-order valence-electron chi connectivity index (χ1n) is 11.1. The van der Waals surface area contributed by atoms with E-state index in [1.165, 1.54) is 0 Å². The van der Waals surface area contributed by atoms with E-state index in [0.29, 0.717) is 19.4 Å². The van der Waals surface area contributed by atoms with E-state index in [-0.39, 0.29) is 19.3 Å². The fourth-order valence-electron chi connectivity index (χ4n) is 2.93. The Hall–Kier alpha value is -3.30. The van der Waals surface area contributed by atoms with Crippen LogP contribution in [0.1, 0.15) is 51.9 Å². The first-order chi connectivity index (χ1) is 16.3. The molecule has 0 aliphatic rings. The zero-order chi connectivity index (χ0) is 27.1. The van der Waals surface area contributed by atoms with Gasteiger partial charge >= 0.3 is 11.9 Å². The number of unbranched alkanes of at least 4 members (excludes halogenated alkanes) is 1. The van der Waals surface area contributed by atoms with E-state index in [1.807, 2.05) is 5.32 Å². The van der Waals surface area contributed by atoms with E-state index in [1.54, 1.807) is 0 Å². The minimum absolute atomic E-state index is 0.235. The highest BCUT2D eigenvalue weighted by Gasteiger charge is 2.32. The van der Waals surface area contributed by atoms with Crippen LogP contribution in [0.4, 0.5) is 0 Å². The van der Waals surface area contributed by atoms with E-state index in [0.717, 1.165) is 6.92 Å². The molecular formula is C20H36N6O9. The van der Waals surface area contributed by atoms with Gasteiger partial charge < -0.3 is 48.5 Å². The van der Waals surface area contributed by atoms with Crippen molar-refractivity contribution < 1.29 is 44.1 Å². The smallest absolute Gasteiger partial charge is 0.328 e. The Labute approximate surface area is 202 Å². The lowest BCUT2D eigenvalue weighted by Gasteiger charge is -2.25. The number of hydrogen-bond acceptors (Lipinski definition) is 9. The fraction of sp³-hybridized carbons (Fsp3) is 0.700. The van der Waals surface area contributed by atoms with Gasteiger partial charge in [0.15, 0.2) is 6.04 Å². The molecule has 0 radical (unpaired) electrons. The molecule has 4 amide bonds. The second kappa shape index (κ2) is 16.3. The molecule has 12 N–H and O–H groups in total. The summed E-state index contributed by atoms with van der Waals surface area (Å²) in [6.45, 7) is 1.53. The topological polar surface area (TPSA) is 277 Å². The van der Waals surface area contributed by atoms with Gasteiger partial charge in [0.25, 0.3) is 0 Å². The highest BCUT2D eigenvalue weighted by molar-refractivity contribution is 5.94. The summed E-state index contributed by atoms with van der Waals surface area (Å²) in [6, 6.07) is -5.56. The molecule has 5 atom stereocenters. The van der Waals surface area contributed by atoms with Gasteiger partial charge in [0.1, 0.15) is 12.1 Å². The number of aliphatic hydroxyl groups excluding tert-OH is 1. The number of carboxylic acids is 2. The molecule has 200 valence electrons. The Morgan fingerprint density at radius 3 is 1.77 bits per heavy atom. The number of nitrogens with two attached hydrogens (primary N) is 3. The Balaban J connectivity index is 5.55. The molecule has 0 saturated heterocycles. The average molecular weight is 505 g/mol. The highest BCUT2D eigenvalue weighted by atomic mass is 16.4. The van der Waals surface area contributed by atoms with Gasteiger partial charge in [0, 0.05) is 12.8 Å². The SMILES string of the molecule is CC(O)C(NC(=O)C(CCC(=O)O)NC(=O)C(CCC(N)=O)NC(=O)C(N)CCCCN)C(=O)O. The summed E-state index contributed by atoms with van der Waals surface area (Å²) in [7, 11) is 0. The van der Waals surface area contributed by atoms with Crippen molar-refractivity contribution in [3.05, 3.63) is 0 Å². The summed E-state index contributed by atoms with van der Waals surface area (Å²) < 4.78 is 0. The van der Waals surface area contributed by atoms with Gasteiger partial charge in [0.05, 0.1) is 12.1 Å². The molecule has 0 heterocycles. The van der Waals surface area contributed by atoms with Gasteiger partial charge in [-0.25, -0.2) is 4.79 Å². The minimum atomic E-state index is -1.72. The normalized spacial score (nSPS) is 15.1. The molecular weight excluding hydrogens is 468 g/mol. The molecule has 15 nitrogen and oxygen atoms in total. The maximum Gasteiger partial charge on any atom is 0.328 e. The quantitative estimate of drug-likeness (QED) is 0.0825. The monoisotopic (exact) mass is 504 g/mol. The van der Waals surface area contributed by atoms with Crippen molar-refractivity contribution in [2.75, 3.05) is 6.54 Å². The van der Waals surface area contributed by atoms with Crippen molar-refractivity contribution in [3.63, 3.8) is 0 Å². The first-order valence-corrected chi connectivity index (χ1v) is 11.1. The van der Waals surface area contributed by atoms with E-state index in [4.69, 9.17) is 27.4 Å². The molecule has 35 heavy (non-hydrogen) atoms. The number of carbonyl (C=O) groups is 6. The predicted molar refractivity (Wildman–Crippen MR) is 121 cm³/mol. The van der Waals surface area contributed by atoms with Crippen molar-refractivity contribution in [2.45, 2.75) is 82.1 Å². The third-order valence-corrected chi connectivity index (χ3v) is 4.94. The van der Waals surface area contributed by atoms with Crippen LogP contribution in [0, 0.1) is 0 Å². The minimum Gasteiger partial charge on any atom is -0.481 e. The number of primary amides is 1. The van der Waals surface area contributed by atoms with Crippen molar-refractivity contribution >= 4 is 35.6 Å². The van der Waals surface area contributed by atoms with E-state index < -0.39 is 78.7 Å². The number of carbonyl (C=O) groups excluding carboxylic acids is 4. The summed E-state index contributed by atoms with van der Waals surface area (Å²) in [4.78, 5) is 71.3. The second-order valence-corrected chi connectivity index (χ2v) is 8.02. The molecule has 15 heteroatoms. The number of carboxylic acid groups (broad SMARTS) is 2. The van der Waals surface area contributed by atoms with E-state index in [2.05, 4.69) is 10.6 Å². The lowest BCUT2D eigenvalue weighted by atomic mass is 10.0. The number of aliphatic hydroxyl groups is 1. The number of rotatable bonds is 18. The molecule has 0 fully saturated rings. The molecule has 0 rings (SSSR count). The predicted octanol–water partition coefficient (Wildman–Crippen LogP) is -3.51. The average Bonchev–Trinajstić information content (AvgIpc) is 2.76. The number of nitrogens with one attached hydrogen (secondary N) is 3. The third-order valence-electron chi connectivity index (χ3n) is 4.94. The summed E-state index contributed by atoms with van der Waals surface area (Å²) >= 11 is 0. The molecule has 5 unspecified atom stereocenters. The van der Waals surface area contributed by atoms with Gasteiger partial charge in [0.2, 0.25) is 23.6 Å². The maximum absolute atomic E-state index is 12.9.